The van der Waals surface area contributed by atoms with Crippen LogP contribution in [0.3, 0.4) is 0 Å². The predicted octanol–water partition coefficient (Wildman–Crippen LogP) is 2.39. The smallest absolute Gasteiger partial charge is 0.252 e. The van der Waals surface area contributed by atoms with E-state index in [0.29, 0.717) is 17.0 Å². The molecule has 1 aromatic carbocycles. The molecule has 0 unspecified atom stereocenters. The number of nitriles is 1. The second-order valence-electron chi connectivity index (χ2n) is 6.59. The zero-order chi connectivity index (χ0) is 18.6. The Hall–Kier alpha value is -3.53. The Morgan fingerprint density at radius 2 is 2.04 bits per heavy atom. The van der Waals surface area contributed by atoms with Crippen molar-refractivity contribution >= 4 is 10.9 Å². The molecule has 7 nitrogen and oxygen atoms in total. The fraction of sp³-hybridized carbons (Fsp3) is 0.211. The number of hydrogen-bond acceptors (Lipinski definition) is 5. The van der Waals surface area contributed by atoms with Gasteiger partial charge in [0.05, 0.1) is 5.92 Å². The van der Waals surface area contributed by atoms with E-state index < -0.39 is 5.92 Å². The second kappa shape index (κ2) is 5.49. The van der Waals surface area contributed by atoms with Crippen molar-refractivity contribution in [1.29, 1.82) is 5.26 Å². The maximum absolute atomic E-state index is 12.9. The van der Waals surface area contributed by atoms with E-state index in [2.05, 4.69) is 27.3 Å². The van der Waals surface area contributed by atoms with Gasteiger partial charge >= 0.3 is 0 Å². The summed E-state index contributed by atoms with van der Waals surface area (Å²) in [5.74, 6) is -0.364. The van der Waals surface area contributed by atoms with Gasteiger partial charge in [-0.2, -0.15) is 5.26 Å². The van der Waals surface area contributed by atoms with Crippen LogP contribution in [0.5, 0.6) is 5.88 Å². The molecule has 7 heteroatoms. The van der Waals surface area contributed by atoms with Crippen LogP contribution in [0, 0.1) is 32.1 Å². The van der Waals surface area contributed by atoms with Crippen LogP contribution >= 0.6 is 0 Å². The standard InChI is InChI=1S/C19H17N5O2/c1-8-4-9(2)11-6-12(18(25)22-14(11)5-8)16-13(7-20)17(21)26-19-15(16)10(3)23-24-19/h4-6,16H,21H2,1-3H3,(H,22,25)(H,23,24)/t16-/m0/s1. The summed E-state index contributed by atoms with van der Waals surface area (Å²) < 4.78 is 5.45. The molecule has 0 spiro atoms. The van der Waals surface area contributed by atoms with Crippen LogP contribution < -0.4 is 16.0 Å². The highest BCUT2D eigenvalue weighted by Crippen LogP contribution is 2.41. The lowest BCUT2D eigenvalue weighted by Gasteiger charge is -2.23. The van der Waals surface area contributed by atoms with Crippen LogP contribution in [0.1, 0.15) is 33.9 Å². The summed E-state index contributed by atoms with van der Waals surface area (Å²) in [6.07, 6.45) is 0. The van der Waals surface area contributed by atoms with Crippen molar-refractivity contribution in [3.63, 3.8) is 0 Å². The van der Waals surface area contributed by atoms with Crippen LogP contribution in [-0.2, 0) is 0 Å². The summed E-state index contributed by atoms with van der Waals surface area (Å²) in [5.41, 5.74) is 10.6. The molecule has 3 heterocycles. The monoisotopic (exact) mass is 347 g/mol. The quantitative estimate of drug-likeness (QED) is 0.624. The average Bonchev–Trinajstić information content (AvgIpc) is 2.93. The third-order valence-electron chi connectivity index (χ3n) is 4.78. The second-order valence-corrected chi connectivity index (χ2v) is 6.59. The molecule has 4 N–H and O–H groups in total. The zero-order valence-corrected chi connectivity index (χ0v) is 14.6. The third kappa shape index (κ3) is 2.19. The molecule has 1 aliphatic rings. The molecule has 130 valence electrons. The van der Waals surface area contributed by atoms with Gasteiger partial charge in [-0.25, -0.2) is 0 Å². The Bertz CT molecular complexity index is 1190. The Morgan fingerprint density at radius 3 is 2.77 bits per heavy atom. The number of rotatable bonds is 1. The van der Waals surface area contributed by atoms with E-state index in [4.69, 9.17) is 10.5 Å². The average molecular weight is 347 g/mol. The number of hydrogen-bond donors (Lipinski definition) is 3. The van der Waals surface area contributed by atoms with E-state index in [-0.39, 0.29) is 17.0 Å². The molecular weight excluding hydrogens is 330 g/mol. The highest BCUT2D eigenvalue weighted by atomic mass is 16.5. The maximum atomic E-state index is 12.9. The molecule has 3 aromatic rings. The topological polar surface area (TPSA) is 121 Å². The maximum Gasteiger partial charge on any atom is 0.252 e. The molecule has 0 aliphatic carbocycles. The number of aryl methyl sites for hydroxylation is 3. The number of benzene rings is 1. The van der Waals surface area contributed by atoms with E-state index in [0.717, 1.165) is 27.7 Å². The van der Waals surface area contributed by atoms with Gasteiger partial charge in [-0.1, -0.05) is 6.07 Å². The molecule has 0 saturated carbocycles. The fourth-order valence-corrected chi connectivity index (χ4v) is 3.61. The normalized spacial score (nSPS) is 16.3. The first kappa shape index (κ1) is 16.0. The van der Waals surface area contributed by atoms with Gasteiger partial charge in [0.1, 0.15) is 11.6 Å². The lowest BCUT2D eigenvalue weighted by atomic mass is 9.84. The van der Waals surface area contributed by atoms with Crippen molar-refractivity contribution in [3.05, 3.63) is 68.0 Å². The van der Waals surface area contributed by atoms with Gasteiger partial charge in [-0.3, -0.25) is 9.89 Å². The van der Waals surface area contributed by atoms with Crippen molar-refractivity contribution in [2.75, 3.05) is 0 Å². The van der Waals surface area contributed by atoms with Crippen molar-refractivity contribution in [2.24, 2.45) is 5.73 Å². The molecule has 0 radical (unpaired) electrons. The molecular formula is C19H17N5O2. The summed E-state index contributed by atoms with van der Waals surface area (Å²) in [5, 5.41) is 17.5. The van der Waals surface area contributed by atoms with Crippen LogP contribution in [0.4, 0.5) is 0 Å². The summed E-state index contributed by atoms with van der Waals surface area (Å²) in [7, 11) is 0. The highest BCUT2D eigenvalue weighted by molar-refractivity contribution is 5.83. The van der Waals surface area contributed by atoms with Crippen LogP contribution in [-0.4, -0.2) is 15.2 Å². The molecule has 0 fully saturated rings. The summed E-state index contributed by atoms with van der Waals surface area (Å²) in [4.78, 5) is 15.8. The zero-order valence-electron chi connectivity index (χ0n) is 14.6. The van der Waals surface area contributed by atoms with Gasteiger partial charge in [0.2, 0.25) is 11.8 Å². The van der Waals surface area contributed by atoms with Crippen molar-refractivity contribution in [2.45, 2.75) is 26.7 Å². The first-order valence-electron chi connectivity index (χ1n) is 8.17. The van der Waals surface area contributed by atoms with Gasteiger partial charge < -0.3 is 15.5 Å². The SMILES string of the molecule is Cc1cc(C)c2cc([C@H]3C(C#N)=C(N)Oc4n[nH]c(C)c43)c(=O)[nH]c2c1. The Morgan fingerprint density at radius 1 is 1.27 bits per heavy atom. The summed E-state index contributed by atoms with van der Waals surface area (Å²) in [6.45, 7) is 5.80. The molecule has 1 atom stereocenters. The number of ether oxygens (including phenoxy) is 1. The van der Waals surface area contributed by atoms with Crippen LogP contribution in [0.2, 0.25) is 0 Å². The fourth-order valence-electron chi connectivity index (χ4n) is 3.61. The largest absolute Gasteiger partial charge is 0.420 e. The van der Waals surface area contributed by atoms with Gasteiger partial charge in [-0.05, 0) is 44.0 Å². The summed E-state index contributed by atoms with van der Waals surface area (Å²) in [6, 6.07) is 7.91. The number of nitrogens with zero attached hydrogens (tertiary/aromatic N) is 2. The lowest BCUT2D eigenvalue weighted by Crippen LogP contribution is -2.25. The number of allylic oxidation sites excluding steroid dienone is 1. The third-order valence-corrected chi connectivity index (χ3v) is 4.78. The number of fused-ring (bicyclic) bond motifs is 2. The molecule has 4 rings (SSSR count). The highest BCUT2D eigenvalue weighted by Gasteiger charge is 2.35. The van der Waals surface area contributed by atoms with E-state index >= 15 is 0 Å². The van der Waals surface area contributed by atoms with E-state index in [1.807, 2.05) is 32.9 Å². The molecule has 1 aliphatic heterocycles. The minimum absolute atomic E-state index is 0.0309. The number of nitrogens with two attached hydrogens (primary N) is 1. The van der Waals surface area contributed by atoms with Gasteiger partial charge in [0, 0.05) is 27.7 Å². The number of pyridine rings is 1. The first-order valence-corrected chi connectivity index (χ1v) is 8.17. The van der Waals surface area contributed by atoms with Crippen molar-refractivity contribution < 1.29 is 4.74 Å². The van der Waals surface area contributed by atoms with E-state index in [9.17, 15) is 10.1 Å². The van der Waals surface area contributed by atoms with Crippen LogP contribution in [0.25, 0.3) is 10.9 Å². The number of nitrogens with one attached hydrogen (secondary N) is 2. The predicted molar refractivity (Wildman–Crippen MR) is 96.7 cm³/mol. The minimum Gasteiger partial charge on any atom is -0.420 e. The Balaban J connectivity index is 2.06. The number of H-pyrrole nitrogens is 2. The lowest BCUT2D eigenvalue weighted by molar-refractivity contribution is 0.378. The van der Waals surface area contributed by atoms with E-state index in [1.165, 1.54) is 0 Å². The first-order chi connectivity index (χ1) is 12.4. The van der Waals surface area contributed by atoms with Crippen molar-refractivity contribution in [3.8, 4) is 11.9 Å². The minimum atomic E-state index is -0.628. The molecule has 26 heavy (non-hydrogen) atoms. The molecule has 0 saturated heterocycles. The Labute approximate surface area is 149 Å². The van der Waals surface area contributed by atoms with E-state index in [1.54, 1.807) is 0 Å². The van der Waals surface area contributed by atoms with Gasteiger partial charge in [-0.15, -0.1) is 5.10 Å². The van der Waals surface area contributed by atoms with Gasteiger partial charge in [0.25, 0.3) is 5.56 Å². The molecule has 2 aromatic heterocycles. The number of aromatic amines is 2. The molecule has 0 bridgehead atoms. The van der Waals surface area contributed by atoms with Crippen LogP contribution in [0.15, 0.2) is 34.4 Å². The number of aromatic nitrogens is 3. The summed E-state index contributed by atoms with van der Waals surface area (Å²) >= 11 is 0. The van der Waals surface area contributed by atoms with Gasteiger partial charge in [0.15, 0.2) is 0 Å². The van der Waals surface area contributed by atoms with Crippen molar-refractivity contribution in [1.82, 2.24) is 15.2 Å². The Kier molecular flexibility index (Phi) is 3.37. The molecule has 0 amide bonds.